The highest BCUT2D eigenvalue weighted by atomic mass is 16.6. The van der Waals surface area contributed by atoms with Crippen LogP contribution >= 0.6 is 0 Å². The third kappa shape index (κ3) is 1.99. The number of hydrogen-bond donors (Lipinski definition) is 1. The minimum Gasteiger partial charge on any atom is -0.392 e. The Morgan fingerprint density at radius 1 is 1.43 bits per heavy atom. The summed E-state index contributed by atoms with van der Waals surface area (Å²) < 4.78 is 0. The summed E-state index contributed by atoms with van der Waals surface area (Å²) in [6, 6.07) is 3.23. The second-order valence-corrected chi connectivity index (χ2v) is 4.12. The fourth-order valence-electron chi connectivity index (χ4n) is 1.02. The normalized spacial score (nSPS) is 11.4. The van der Waals surface area contributed by atoms with Crippen LogP contribution in [0.5, 0.6) is 0 Å². The van der Waals surface area contributed by atoms with Crippen LogP contribution < -0.4 is 5.73 Å². The summed E-state index contributed by atoms with van der Waals surface area (Å²) >= 11 is 0. The van der Waals surface area contributed by atoms with Gasteiger partial charge in [-0.2, -0.15) is 0 Å². The number of nitrogens with zero attached hydrogens (tertiary/aromatic N) is 2. The Morgan fingerprint density at radius 3 is 2.43 bits per heavy atom. The first-order chi connectivity index (χ1) is 6.32. The molecule has 0 atom stereocenters. The van der Waals surface area contributed by atoms with E-state index in [9.17, 15) is 10.1 Å². The molecule has 0 spiro atoms. The number of rotatable bonds is 1. The van der Waals surface area contributed by atoms with E-state index in [1.165, 1.54) is 6.07 Å². The lowest BCUT2D eigenvalue weighted by Crippen LogP contribution is -2.14. The molecule has 1 rings (SSSR count). The first-order valence-corrected chi connectivity index (χ1v) is 4.24. The predicted octanol–water partition coefficient (Wildman–Crippen LogP) is 1.87. The molecule has 2 N–H and O–H groups in total. The van der Waals surface area contributed by atoms with Crippen molar-refractivity contribution in [3.05, 3.63) is 27.9 Å². The molecule has 14 heavy (non-hydrogen) atoms. The summed E-state index contributed by atoms with van der Waals surface area (Å²) in [5, 5.41) is 10.6. The molecule has 0 amide bonds. The molecular weight excluding hydrogens is 182 g/mol. The van der Waals surface area contributed by atoms with Crippen molar-refractivity contribution in [2.24, 2.45) is 0 Å². The summed E-state index contributed by atoms with van der Waals surface area (Å²) in [4.78, 5) is 13.9. The summed E-state index contributed by atoms with van der Waals surface area (Å²) in [6.45, 7) is 5.82. The van der Waals surface area contributed by atoms with Gasteiger partial charge >= 0.3 is 5.82 Å². The Labute approximate surface area is 82.1 Å². The molecule has 5 heteroatoms. The van der Waals surface area contributed by atoms with Crippen LogP contribution in [0.1, 0.15) is 26.5 Å². The highest BCUT2D eigenvalue weighted by molar-refractivity contribution is 5.53. The monoisotopic (exact) mass is 195 g/mol. The number of aromatic nitrogens is 1. The molecular formula is C9H13N3O2. The lowest BCUT2D eigenvalue weighted by atomic mass is 9.91. The summed E-state index contributed by atoms with van der Waals surface area (Å²) in [5.74, 6) is -0.266. The Morgan fingerprint density at radius 2 is 2.00 bits per heavy atom. The standard InChI is InChI=1S/C9H13N3O2/c1-9(2,3)7-5-4-6(10)8(11-7)12(13)14/h4-5H,10H2,1-3H3. The highest BCUT2D eigenvalue weighted by Crippen LogP contribution is 2.25. The second-order valence-electron chi connectivity index (χ2n) is 4.12. The van der Waals surface area contributed by atoms with E-state index in [0.29, 0.717) is 5.69 Å². The van der Waals surface area contributed by atoms with Gasteiger partial charge in [0.25, 0.3) is 0 Å². The summed E-state index contributed by atoms with van der Waals surface area (Å²) in [6.07, 6.45) is 0. The van der Waals surface area contributed by atoms with E-state index in [0.717, 1.165) is 0 Å². The van der Waals surface area contributed by atoms with Gasteiger partial charge in [0.15, 0.2) is 5.69 Å². The van der Waals surface area contributed by atoms with E-state index >= 15 is 0 Å². The van der Waals surface area contributed by atoms with Crippen LogP contribution in [0.4, 0.5) is 11.5 Å². The average Bonchev–Trinajstić information content (AvgIpc) is 2.02. The zero-order chi connectivity index (χ0) is 10.9. The second kappa shape index (κ2) is 3.25. The van der Waals surface area contributed by atoms with Gasteiger partial charge in [-0.1, -0.05) is 20.8 Å². The molecule has 1 aromatic heterocycles. The van der Waals surface area contributed by atoms with Crippen LogP contribution in [0.25, 0.3) is 0 Å². The van der Waals surface area contributed by atoms with Crippen LogP contribution in [0.15, 0.2) is 12.1 Å². The van der Waals surface area contributed by atoms with Gasteiger partial charge in [-0.15, -0.1) is 0 Å². The van der Waals surface area contributed by atoms with E-state index in [4.69, 9.17) is 5.73 Å². The molecule has 0 aliphatic carbocycles. The Hall–Kier alpha value is -1.65. The van der Waals surface area contributed by atoms with Gasteiger partial charge in [-0.25, -0.2) is 0 Å². The maximum Gasteiger partial charge on any atom is 0.386 e. The topological polar surface area (TPSA) is 82.0 Å². The third-order valence-corrected chi connectivity index (χ3v) is 1.85. The molecule has 1 heterocycles. The lowest BCUT2D eigenvalue weighted by molar-refractivity contribution is -0.388. The lowest BCUT2D eigenvalue weighted by Gasteiger charge is -2.13. The molecule has 5 nitrogen and oxygen atoms in total. The van der Waals surface area contributed by atoms with Crippen LogP contribution in [0.3, 0.4) is 0 Å². The Kier molecular flexibility index (Phi) is 2.42. The fourth-order valence-corrected chi connectivity index (χ4v) is 1.02. The van der Waals surface area contributed by atoms with Crippen molar-refractivity contribution in [3.8, 4) is 0 Å². The average molecular weight is 195 g/mol. The largest absolute Gasteiger partial charge is 0.392 e. The molecule has 76 valence electrons. The molecule has 0 bridgehead atoms. The number of anilines is 1. The number of nitro groups is 1. The predicted molar refractivity (Wildman–Crippen MR) is 54.0 cm³/mol. The van der Waals surface area contributed by atoms with E-state index in [-0.39, 0.29) is 16.9 Å². The van der Waals surface area contributed by atoms with Crippen molar-refractivity contribution in [2.45, 2.75) is 26.2 Å². The van der Waals surface area contributed by atoms with E-state index < -0.39 is 4.92 Å². The maximum atomic E-state index is 10.6. The Bertz CT molecular complexity index is 369. The van der Waals surface area contributed by atoms with Crippen molar-refractivity contribution in [1.82, 2.24) is 4.98 Å². The van der Waals surface area contributed by atoms with Gasteiger partial charge in [0.05, 0.1) is 0 Å². The molecule has 0 radical (unpaired) electrons. The van der Waals surface area contributed by atoms with Crippen LogP contribution in [0.2, 0.25) is 0 Å². The van der Waals surface area contributed by atoms with Crippen molar-refractivity contribution < 1.29 is 4.92 Å². The van der Waals surface area contributed by atoms with Gasteiger partial charge in [0.1, 0.15) is 5.69 Å². The molecule has 0 fully saturated rings. The van der Waals surface area contributed by atoms with E-state index in [1.807, 2.05) is 20.8 Å². The van der Waals surface area contributed by atoms with Gasteiger partial charge in [0.2, 0.25) is 0 Å². The number of nitrogen functional groups attached to an aromatic ring is 1. The van der Waals surface area contributed by atoms with Crippen LogP contribution in [-0.2, 0) is 5.41 Å². The van der Waals surface area contributed by atoms with Crippen molar-refractivity contribution in [3.63, 3.8) is 0 Å². The number of nitrogens with two attached hydrogens (primary N) is 1. The first kappa shape index (κ1) is 10.4. The molecule has 0 saturated heterocycles. The Balaban J connectivity index is 3.27. The number of pyridine rings is 1. The molecule has 0 aromatic carbocycles. The zero-order valence-corrected chi connectivity index (χ0v) is 8.44. The number of hydrogen-bond acceptors (Lipinski definition) is 4. The third-order valence-electron chi connectivity index (χ3n) is 1.85. The first-order valence-electron chi connectivity index (χ1n) is 4.24. The zero-order valence-electron chi connectivity index (χ0n) is 8.44. The smallest absolute Gasteiger partial charge is 0.386 e. The van der Waals surface area contributed by atoms with Gasteiger partial charge in [-0.05, 0) is 22.0 Å². The van der Waals surface area contributed by atoms with E-state index in [2.05, 4.69) is 4.98 Å². The van der Waals surface area contributed by atoms with Gasteiger partial charge < -0.3 is 15.8 Å². The van der Waals surface area contributed by atoms with Crippen molar-refractivity contribution in [1.29, 1.82) is 0 Å². The fraction of sp³-hybridized carbons (Fsp3) is 0.444. The molecule has 0 saturated carbocycles. The molecule has 1 aromatic rings. The maximum absolute atomic E-state index is 10.6. The molecule has 0 aliphatic heterocycles. The quantitative estimate of drug-likeness (QED) is 0.547. The molecule has 0 aliphatic rings. The summed E-state index contributed by atoms with van der Waals surface area (Å²) in [7, 11) is 0. The van der Waals surface area contributed by atoms with Crippen LogP contribution in [-0.4, -0.2) is 9.91 Å². The van der Waals surface area contributed by atoms with E-state index in [1.54, 1.807) is 6.07 Å². The van der Waals surface area contributed by atoms with Crippen LogP contribution in [0, 0.1) is 10.1 Å². The summed E-state index contributed by atoms with van der Waals surface area (Å²) in [5.41, 5.74) is 5.98. The van der Waals surface area contributed by atoms with Crippen molar-refractivity contribution in [2.75, 3.05) is 5.73 Å². The highest BCUT2D eigenvalue weighted by Gasteiger charge is 2.24. The van der Waals surface area contributed by atoms with Gasteiger partial charge in [-0.3, -0.25) is 0 Å². The van der Waals surface area contributed by atoms with Gasteiger partial charge in [0, 0.05) is 5.41 Å². The minimum atomic E-state index is -0.565. The van der Waals surface area contributed by atoms with Crippen molar-refractivity contribution >= 4 is 11.5 Å². The minimum absolute atomic E-state index is 0.100. The molecule has 0 unspecified atom stereocenters. The SMILES string of the molecule is CC(C)(C)c1ccc(N)c([N+](=O)[O-])n1.